The van der Waals surface area contributed by atoms with E-state index in [2.05, 4.69) is 25.0 Å². The topological polar surface area (TPSA) is 100 Å². The summed E-state index contributed by atoms with van der Waals surface area (Å²) in [5.74, 6) is -0.706. The zero-order chi connectivity index (χ0) is 23.1. The average Bonchev–Trinajstić information content (AvgIpc) is 3.45. The summed E-state index contributed by atoms with van der Waals surface area (Å²) < 4.78 is 43.2. The van der Waals surface area contributed by atoms with Crippen molar-refractivity contribution in [1.29, 1.82) is 0 Å². The van der Waals surface area contributed by atoms with Gasteiger partial charge in [-0.05, 0) is 19.1 Å². The van der Waals surface area contributed by atoms with E-state index in [1.165, 1.54) is 29.5 Å². The number of halogens is 3. The van der Waals surface area contributed by atoms with Crippen molar-refractivity contribution in [3.05, 3.63) is 78.8 Å². The highest BCUT2D eigenvalue weighted by atomic mass is 19.3. The summed E-state index contributed by atoms with van der Waals surface area (Å²) in [4.78, 5) is 16.0. The van der Waals surface area contributed by atoms with E-state index in [9.17, 15) is 13.2 Å². The number of benzene rings is 1. The highest BCUT2D eigenvalue weighted by molar-refractivity contribution is 6.00. The SMILES string of the molecule is CC(c1cnn(-c2ccccc2F)c1)n1cc(-c2cnc(C(F)F)nc2)c2c(N)ncnc21. The summed E-state index contributed by atoms with van der Waals surface area (Å²) in [6.45, 7) is 1.93. The summed E-state index contributed by atoms with van der Waals surface area (Å²) >= 11 is 0. The van der Waals surface area contributed by atoms with Gasteiger partial charge in [-0.15, -0.1) is 0 Å². The lowest BCUT2D eigenvalue weighted by Gasteiger charge is -2.12. The van der Waals surface area contributed by atoms with Crippen LogP contribution in [0.3, 0.4) is 0 Å². The molecule has 0 saturated carbocycles. The number of hydrogen-bond acceptors (Lipinski definition) is 6. The Bertz CT molecular complexity index is 1440. The van der Waals surface area contributed by atoms with Crippen molar-refractivity contribution >= 4 is 16.9 Å². The van der Waals surface area contributed by atoms with E-state index in [-0.39, 0.29) is 17.7 Å². The van der Waals surface area contributed by atoms with Crippen LogP contribution in [0.25, 0.3) is 27.8 Å². The summed E-state index contributed by atoms with van der Waals surface area (Å²) in [5, 5.41) is 4.85. The number of aromatic nitrogens is 7. The van der Waals surface area contributed by atoms with Crippen molar-refractivity contribution in [2.75, 3.05) is 5.73 Å². The number of alkyl halides is 2. The third-order valence-corrected chi connectivity index (χ3v) is 5.42. The van der Waals surface area contributed by atoms with Gasteiger partial charge in [0, 0.05) is 41.5 Å². The lowest BCUT2D eigenvalue weighted by atomic mass is 10.1. The van der Waals surface area contributed by atoms with E-state index in [4.69, 9.17) is 5.73 Å². The van der Waals surface area contributed by atoms with Gasteiger partial charge in [-0.1, -0.05) is 12.1 Å². The highest BCUT2D eigenvalue weighted by Gasteiger charge is 2.21. The molecular weight excluding hydrogens is 433 g/mol. The molecule has 0 amide bonds. The summed E-state index contributed by atoms with van der Waals surface area (Å²) in [7, 11) is 0. The van der Waals surface area contributed by atoms with Gasteiger partial charge in [-0.2, -0.15) is 5.10 Å². The molecule has 5 rings (SSSR count). The molecule has 4 aromatic heterocycles. The molecule has 0 bridgehead atoms. The van der Waals surface area contributed by atoms with E-state index in [1.54, 1.807) is 36.8 Å². The zero-order valence-electron chi connectivity index (χ0n) is 17.3. The van der Waals surface area contributed by atoms with E-state index < -0.39 is 12.2 Å². The molecule has 11 heteroatoms. The van der Waals surface area contributed by atoms with Crippen LogP contribution in [0.15, 0.2) is 61.6 Å². The lowest BCUT2D eigenvalue weighted by Crippen LogP contribution is -2.06. The van der Waals surface area contributed by atoms with Gasteiger partial charge in [0.1, 0.15) is 29.3 Å². The monoisotopic (exact) mass is 450 g/mol. The second-order valence-electron chi connectivity index (χ2n) is 7.38. The van der Waals surface area contributed by atoms with Crippen molar-refractivity contribution in [1.82, 2.24) is 34.3 Å². The number of nitrogens with two attached hydrogens (primary N) is 1. The van der Waals surface area contributed by atoms with Crippen LogP contribution in [-0.4, -0.2) is 34.3 Å². The third-order valence-electron chi connectivity index (χ3n) is 5.42. The number of nitrogen functional groups attached to an aromatic ring is 1. The first-order valence-corrected chi connectivity index (χ1v) is 9.95. The second kappa shape index (κ2) is 8.01. The Labute approximate surface area is 185 Å². The fourth-order valence-corrected chi connectivity index (χ4v) is 3.69. The molecule has 0 saturated heterocycles. The van der Waals surface area contributed by atoms with Gasteiger partial charge in [-0.25, -0.2) is 37.8 Å². The Morgan fingerprint density at radius 1 is 0.970 bits per heavy atom. The van der Waals surface area contributed by atoms with Crippen molar-refractivity contribution < 1.29 is 13.2 Å². The molecule has 5 aromatic rings. The van der Waals surface area contributed by atoms with Gasteiger partial charge in [0.05, 0.1) is 17.6 Å². The van der Waals surface area contributed by atoms with E-state index in [0.717, 1.165) is 5.56 Å². The van der Waals surface area contributed by atoms with Crippen LogP contribution in [0.1, 0.15) is 30.8 Å². The van der Waals surface area contributed by atoms with Crippen molar-refractivity contribution in [2.24, 2.45) is 0 Å². The molecule has 166 valence electrons. The zero-order valence-corrected chi connectivity index (χ0v) is 17.3. The second-order valence-corrected chi connectivity index (χ2v) is 7.38. The van der Waals surface area contributed by atoms with E-state index >= 15 is 0 Å². The Morgan fingerprint density at radius 2 is 1.73 bits per heavy atom. The molecule has 0 spiro atoms. The summed E-state index contributed by atoms with van der Waals surface area (Å²) in [6.07, 6.45) is 6.40. The largest absolute Gasteiger partial charge is 0.383 e. The van der Waals surface area contributed by atoms with Gasteiger partial charge >= 0.3 is 0 Å². The van der Waals surface area contributed by atoms with Crippen LogP contribution in [0.4, 0.5) is 19.0 Å². The molecule has 8 nitrogen and oxygen atoms in total. The lowest BCUT2D eigenvalue weighted by molar-refractivity contribution is 0.140. The molecule has 0 radical (unpaired) electrons. The molecule has 0 aliphatic heterocycles. The molecule has 1 aromatic carbocycles. The number of para-hydroxylation sites is 1. The van der Waals surface area contributed by atoms with E-state index in [0.29, 0.717) is 27.8 Å². The minimum atomic E-state index is -2.76. The van der Waals surface area contributed by atoms with Crippen molar-refractivity contribution in [2.45, 2.75) is 19.4 Å². The van der Waals surface area contributed by atoms with Crippen molar-refractivity contribution in [3.63, 3.8) is 0 Å². The first kappa shape index (κ1) is 20.6. The maximum atomic E-state index is 14.2. The van der Waals surface area contributed by atoms with Crippen LogP contribution in [0.5, 0.6) is 0 Å². The minimum absolute atomic E-state index is 0.237. The first-order valence-electron chi connectivity index (χ1n) is 9.95. The normalized spacial score (nSPS) is 12.5. The minimum Gasteiger partial charge on any atom is -0.383 e. The van der Waals surface area contributed by atoms with Gasteiger partial charge in [0.15, 0.2) is 5.82 Å². The predicted molar refractivity (Wildman–Crippen MR) is 115 cm³/mol. The Balaban J connectivity index is 1.59. The molecule has 0 aliphatic carbocycles. The molecule has 1 atom stereocenters. The van der Waals surface area contributed by atoms with Crippen LogP contribution in [-0.2, 0) is 0 Å². The van der Waals surface area contributed by atoms with Crippen LogP contribution < -0.4 is 5.73 Å². The van der Waals surface area contributed by atoms with Gasteiger partial charge in [0.25, 0.3) is 6.43 Å². The smallest absolute Gasteiger partial charge is 0.297 e. The number of hydrogen-bond donors (Lipinski definition) is 1. The Hall–Kier alpha value is -4.28. The Morgan fingerprint density at radius 3 is 2.45 bits per heavy atom. The summed E-state index contributed by atoms with van der Waals surface area (Å²) in [5.41, 5.74) is 8.91. The maximum Gasteiger partial charge on any atom is 0.297 e. The molecule has 4 heterocycles. The molecule has 1 unspecified atom stereocenters. The van der Waals surface area contributed by atoms with Crippen LogP contribution in [0.2, 0.25) is 0 Å². The molecule has 2 N–H and O–H groups in total. The van der Waals surface area contributed by atoms with Gasteiger partial charge in [0.2, 0.25) is 0 Å². The van der Waals surface area contributed by atoms with Crippen LogP contribution in [0, 0.1) is 5.82 Å². The van der Waals surface area contributed by atoms with Gasteiger partial charge in [-0.3, -0.25) is 0 Å². The predicted octanol–water partition coefficient (Wildman–Crippen LogP) is 4.34. The molecular formula is C22H17F3N8. The maximum absolute atomic E-state index is 14.2. The molecule has 0 aliphatic rings. The fourth-order valence-electron chi connectivity index (χ4n) is 3.69. The number of fused-ring (bicyclic) bond motifs is 1. The molecule has 0 fully saturated rings. The third kappa shape index (κ3) is 3.56. The molecule has 33 heavy (non-hydrogen) atoms. The Kier molecular flexibility index (Phi) is 5.00. The standard InChI is InChI=1S/C22H17F3N8/c1-12(14-8-31-33(9-14)17-5-3-2-4-16(17)23)32-10-15(18-20(26)29-11-30-22(18)32)13-6-27-21(19(24)25)28-7-13/h2-12,19H,1H3,(H2,26,29,30). The highest BCUT2D eigenvalue weighted by Crippen LogP contribution is 2.35. The number of rotatable bonds is 5. The van der Waals surface area contributed by atoms with Crippen molar-refractivity contribution in [3.8, 4) is 16.8 Å². The quantitative estimate of drug-likeness (QED) is 0.428. The number of anilines is 1. The van der Waals surface area contributed by atoms with E-state index in [1.807, 2.05) is 11.5 Å². The average molecular weight is 450 g/mol. The number of nitrogens with zero attached hydrogens (tertiary/aromatic N) is 7. The van der Waals surface area contributed by atoms with Gasteiger partial charge < -0.3 is 10.3 Å². The van der Waals surface area contributed by atoms with Crippen LogP contribution >= 0.6 is 0 Å². The summed E-state index contributed by atoms with van der Waals surface area (Å²) in [6, 6.07) is 6.08. The first-order chi connectivity index (χ1) is 15.9. The fraction of sp³-hybridized carbons (Fsp3) is 0.136.